The van der Waals surface area contributed by atoms with E-state index in [4.69, 9.17) is 15.0 Å². The number of nitrogens with two attached hydrogens (primary N) is 1. The summed E-state index contributed by atoms with van der Waals surface area (Å²) in [6.07, 6.45) is 0.568. The van der Waals surface area contributed by atoms with Crippen LogP contribution in [0.3, 0.4) is 0 Å². The summed E-state index contributed by atoms with van der Waals surface area (Å²) in [7, 11) is 0. The Morgan fingerprint density at radius 2 is 2.19 bits per heavy atom. The first-order chi connectivity index (χ1) is 9.74. The van der Waals surface area contributed by atoms with E-state index in [1.54, 1.807) is 0 Å². The van der Waals surface area contributed by atoms with Crippen molar-refractivity contribution in [2.24, 2.45) is 11.1 Å². The van der Waals surface area contributed by atoms with Crippen LogP contribution >= 0.6 is 0 Å². The average molecular weight is 295 g/mol. The van der Waals surface area contributed by atoms with Crippen LogP contribution in [-0.2, 0) is 16.1 Å². The van der Waals surface area contributed by atoms with Gasteiger partial charge in [0.25, 0.3) is 0 Å². The lowest BCUT2D eigenvalue weighted by Crippen LogP contribution is -2.75. The predicted molar refractivity (Wildman–Crippen MR) is 78.6 cm³/mol. The number of nitrogens with zero attached hydrogens (tertiary/aromatic N) is 1. The molecule has 6 heteroatoms. The average Bonchev–Trinajstić information content (AvgIpc) is 2.75. The number of aromatic nitrogens is 1. The predicted octanol–water partition coefficient (Wildman–Crippen LogP) is 1.44. The minimum absolute atomic E-state index is 0.0253. The first kappa shape index (κ1) is 16.0. The van der Waals surface area contributed by atoms with Crippen LogP contribution < -0.4 is 11.1 Å². The molecule has 0 aromatic carbocycles. The monoisotopic (exact) mass is 295 g/mol. The summed E-state index contributed by atoms with van der Waals surface area (Å²) >= 11 is 0. The lowest BCUT2D eigenvalue weighted by atomic mass is 9.54. The number of amides is 1. The highest BCUT2D eigenvalue weighted by atomic mass is 16.5. The second-order valence-corrected chi connectivity index (χ2v) is 6.33. The van der Waals surface area contributed by atoms with Crippen molar-refractivity contribution >= 4 is 5.91 Å². The molecule has 0 bridgehead atoms. The molecule has 118 valence electrons. The number of aryl methyl sites for hydroxylation is 2. The zero-order chi connectivity index (χ0) is 15.8. The number of rotatable bonds is 5. The molecule has 2 unspecified atom stereocenters. The highest BCUT2D eigenvalue weighted by molar-refractivity contribution is 5.88. The third-order valence-electron chi connectivity index (χ3n) is 4.84. The van der Waals surface area contributed by atoms with Crippen molar-refractivity contribution in [3.8, 4) is 0 Å². The molecule has 0 saturated heterocycles. The molecule has 1 aromatic heterocycles. The van der Waals surface area contributed by atoms with Crippen LogP contribution in [0.5, 0.6) is 0 Å². The summed E-state index contributed by atoms with van der Waals surface area (Å²) in [5, 5.41) is 6.79. The van der Waals surface area contributed by atoms with Crippen molar-refractivity contribution in [1.82, 2.24) is 10.5 Å². The van der Waals surface area contributed by atoms with Crippen molar-refractivity contribution < 1.29 is 14.1 Å². The SMILES string of the molecule is CCOC1CC(N)(C(=O)NCc2c(C)noc2C)C1(C)C. The van der Waals surface area contributed by atoms with Crippen LogP contribution in [0.2, 0.25) is 0 Å². The molecule has 2 atom stereocenters. The summed E-state index contributed by atoms with van der Waals surface area (Å²) in [5.74, 6) is 0.572. The maximum absolute atomic E-state index is 12.5. The van der Waals surface area contributed by atoms with Crippen LogP contribution in [0, 0.1) is 19.3 Å². The van der Waals surface area contributed by atoms with Crippen LogP contribution in [0.4, 0.5) is 0 Å². The van der Waals surface area contributed by atoms with E-state index in [1.807, 2.05) is 34.6 Å². The van der Waals surface area contributed by atoms with Gasteiger partial charge in [0.2, 0.25) is 5.91 Å². The summed E-state index contributed by atoms with van der Waals surface area (Å²) in [6.45, 7) is 10.6. The molecule has 1 amide bonds. The van der Waals surface area contributed by atoms with Gasteiger partial charge >= 0.3 is 0 Å². The van der Waals surface area contributed by atoms with E-state index >= 15 is 0 Å². The van der Waals surface area contributed by atoms with E-state index in [1.165, 1.54) is 0 Å². The van der Waals surface area contributed by atoms with Gasteiger partial charge < -0.3 is 20.3 Å². The van der Waals surface area contributed by atoms with Crippen molar-refractivity contribution in [2.45, 2.75) is 59.2 Å². The van der Waals surface area contributed by atoms with Crippen LogP contribution in [-0.4, -0.2) is 29.3 Å². The maximum atomic E-state index is 12.5. The van der Waals surface area contributed by atoms with Gasteiger partial charge in [-0.3, -0.25) is 4.79 Å². The summed E-state index contributed by atoms with van der Waals surface area (Å²) < 4.78 is 10.7. The molecule has 1 heterocycles. The van der Waals surface area contributed by atoms with E-state index < -0.39 is 5.54 Å². The van der Waals surface area contributed by atoms with Gasteiger partial charge in [0.05, 0.1) is 11.8 Å². The van der Waals surface area contributed by atoms with Gasteiger partial charge in [0, 0.05) is 30.6 Å². The zero-order valence-electron chi connectivity index (χ0n) is 13.4. The van der Waals surface area contributed by atoms with Crippen molar-refractivity contribution in [3.05, 3.63) is 17.0 Å². The summed E-state index contributed by atoms with van der Waals surface area (Å²) in [5.41, 5.74) is 6.75. The first-order valence-corrected chi connectivity index (χ1v) is 7.34. The van der Waals surface area contributed by atoms with Gasteiger partial charge in [0.1, 0.15) is 11.3 Å². The standard InChI is InChI=1S/C15H25N3O3/c1-6-20-12-7-15(16,14(12,4)5)13(19)17-8-11-9(2)18-21-10(11)3/h12H,6-8,16H2,1-5H3,(H,17,19). The number of nitrogens with one attached hydrogen (secondary N) is 1. The Kier molecular flexibility index (Phi) is 4.13. The Balaban J connectivity index is 2.01. The fourth-order valence-corrected chi connectivity index (χ4v) is 2.90. The molecule has 0 spiro atoms. The zero-order valence-corrected chi connectivity index (χ0v) is 13.4. The quantitative estimate of drug-likeness (QED) is 0.858. The van der Waals surface area contributed by atoms with Crippen LogP contribution in [0.15, 0.2) is 4.52 Å². The molecule has 2 rings (SSSR count). The van der Waals surface area contributed by atoms with E-state index in [9.17, 15) is 4.79 Å². The molecular formula is C15H25N3O3. The normalized spacial score (nSPS) is 27.2. The van der Waals surface area contributed by atoms with E-state index in [0.29, 0.717) is 19.6 Å². The van der Waals surface area contributed by atoms with Gasteiger partial charge in [-0.25, -0.2) is 0 Å². The lowest BCUT2D eigenvalue weighted by Gasteiger charge is -2.57. The molecule has 1 aliphatic carbocycles. The van der Waals surface area contributed by atoms with Gasteiger partial charge in [-0.15, -0.1) is 0 Å². The first-order valence-electron chi connectivity index (χ1n) is 7.34. The lowest BCUT2D eigenvalue weighted by molar-refractivity contribution is -0.170. The number of carbonyl (C=O) groups excluding carboxylic acids is 1. The Bertz CT molecular complexity index is 519. The van der Waals surface area contributed by atoms with Gasteiger partial charge in [-0.1, -0.05) is 19.0 Å². The second kappa shape index (κ2) is 5.42. The Morgan fingerprint density at radius 1 is 1.52 bits per heavy atom. The van der Waals surface area contributed by atoms with Gasteiger partial charge in [0.15, 0.2) is 0 Å². The number of carbonyl (C=O) groups is 1. The fourth-order valence-electron chi connectivity index (χ4n) is 2.90. The van der Waals surface area contributed by atoms with Crippen molar-refractivity contribution in [2.75, 3.05) is 6.61 Å². The second-order valence-electron chi connectivity index (χ2n) is 6.33. The van der Waals surface area contributed by atoms with E-state index in [2.05, 4.69) is 10.5 Å². The molecule has 1 saturated carbocycles. The van der Waals surface area contributed by atoms with Crippen molar-refractivity contribution in [3.63, 3.8) is 0 Å². The maximum Gasteiger partial charge on any atom is 0.241 e. The third-order valence-corrected chi connectivity index (χ3v) is 4.84. The Hall–Kier alpha value is -1.40. The minimum Gasteiger partial charge on any atom is -0.378 e. The van der Waals surface area contributed by atoms with Crippen LogP contribution in [0.25, 0.3) is 0 Å². The summed E-state index contributed by atoms with van der Waals surface area (Å²) in [6, 6.07) is 0. The molecule has 1 aromatic rings. The minimum atomic E-state index is -0.897. The summed E-state index contributed by atoms with van der Waals surface area (Å²) in [4.78, 5) is 12.5. The molecule has 6 nitrogen and oxygen atoms in total. The van der Waals surface area contributed by atoms with Gasteiger partial charge in [-0.05, 0) is 20.8 Å². The van der Waals surface area contributed by atoms with E-state index in [0.717, 1.165) is 17.0 Å². The third kappa shape index (κ3) is 2.46. The topological polar surface area (TPSA) is 90.4 Å². The molecular weight excluding hydrogens is 270 g/mol. The largest absolute Gasteiger partial charge is 0.378 e. The molecule has 0 radical (unpaired) electrons. The highest BCUT2D eigenvalue weighted by Gasteiger charge is 2.62. The molecule has 21 heavy (non-hydrogen) atoms. The molecule has 0 aliphatic heterocycles. The Morgan fingerprint density at radius 3 is 2.67 bits per heavy atom. The van der Waals surface area contributed by atoms with Gasteiger partial charge in [-0.2, -0.15) is 0 Å². The van der Waals surface area contributed by atoms with Crippen LogP contribution in [0.1, 0.15) is 44.2 Å². The molecule has 1 fully saturated rings. The smallest absolute Gasteiger partial charge is 0.241 e. The number of ether oxygens (including phenoxy) is 1. The molecule has 3 N–H and O–H groups in total. The van der Waals surface area contributed by atoms with E-state index in [-0.39, 0.29) is 17.4 Å². The molecule has 1 aliphatic rings. The highest BCUT2D eigenvalue weighted by Crippen LogP contribution is 2.49. The number of hydrogen-bond acceptors (Lipinski definition) is 5. The fraction of sp³-hybridized carbons (Fsp3) is 0.733. The Labute approximate surface area is 125 Å². The van der Waals surface area contributed by atoms with Crippen molar-refractivity contribution in [1.29, 1.82) is 0 Å². The number of hydrogen-bond donors (Lipinski definition) is 2.